The molecule has 0 fully saturated rings. The number of thiazole rings is 1. The van der Waals surface area contributed by atoms with Gasteiger partial charge in [-0.25, -0.2) is 4.98 Å². The lowest BCUT2D eigenvalue weighted by Crippen LogP contribution is -2.25. The molecular weight excluding hydrogens is 298 g/mol. The largest absolute Gasteiger partial charge is 0.497 e. The minimum absolute atomic E-state index is 0.0632. The maximum Gasteiger partial charge on any atom is 0.269 e. The van der Waals surface area contributed by atoms with Crippen LogP contribution in [0.2, 0.25) is 0 Å². The monoisotopic (exact) mass is 315 g/mol. The molecule has 0 aliphatic heterocycles. The normalized spacial score (nSPS) is 10.8. The van der Waals surface area contributed by atoms with E-state index in [1.165, 1.54) is 11.3 Å². The van der Waals surface area contributed by atoms with E-state index in [0.717, 1.165) is 28.4 Å². The Morgan fingerprint density at radius 3 is 2.82 bits per heavy atom. The third kappa shape index (κ3) is 2.69. The number of imidazole rings is 1. The molecule has 3 aromatic rings. The molecule has 1 amide bonds. The topological polar surface area (TPSA) is 55.6 Å². The summed E-state index contributed by atoms with van der Waals surface area (Å²) in [5, 5.41) is 4.73. The molecule has 0 bridgehead atoms. The number of carbonyl (C=O) groups excluding carboxylic acids is 1. The average molecular weight is 315 g/mol. The van der Waals surface area contributed by atoms with Gasteiger partial charge in [0.1, 0.15) is 11.4 Å². The molecule has 2 heterocycles. The highest BCUT2D eigenvalue weighted by molar-refractivity contribution is 7.15. The summed E-state index contributed by atoms with van der Waals surface area (Å²) in [7, 11) is 1.64. The number of rotatable bonds is 5. The van der Waals surface area contributed by atoms with Crippen LogP contribution in [0.5, 0.6) is 5.75 Å². The maximum atomic E-state index is 12.1. The number of nitrogens with one attached hydrogen (secondary N) is 1. The van der Waals surface area contributed by atoms with Crippen LogP contribution in [0.4, 0.5) is 0 Å². The molecule has 1 N–H and O–H groups in total. The van der Waals surface area contributed by atoms with Crippen LogP contribution >= 0.6 is 11.3 Å². The fraction of sp³-hybridized carbons (Fsp3) is 0.250. The van der Waals surface area contributed by atoms with Gasteiger partial charge in [-0.05, 0) is 30.7 Å². The van der Waals surface area contributed by atoms with Crippen molar-refractivity contribution in [2.45, 2.75) is 13.3 Å². The van der Waals surface area contributed by atoms with Crippen molar-refractivity contribution < 1.29 is 9.53 Å². The molecule has 5 nitrogen and oxygen atoms in total. The van der Waals surface area contributed by atoms with E-state index < -0.39 is 0 Å². The molecule has 2 aromatic heterocycles. The van der Waals surface area contributed by atoms with Gasteiger partial charge < -0.3 is 10.1 Å². The van der Waals surface area contributed by atoms with E-state index in [1.54, 1.807) is 7.11 Å². The zero-order valence-electron chi connectivity index (χ0n) is 12.5. The number of hydrogen-bond acceptors (Lipinski definition) is 4. The number of aromatic nitrogens is 2. The van der Waals surface area contributed by atoms with Crippen LogP contribution in [0.1, 0.15) is 23.8 Å². The quantitative estimate of drug-likeness (QED) is 0.786. The van der Waals surface area contributed by atoms with Gasteiger partial charge in [-0.15, -0.1) is 11.3 Å². The second-order valence-electron chi connectivity index (χ2n) is 4.88. The molecule has 0 atom stereocenters. The molecule has 0 saturated heterocycles. The number of methoxy groups -OCH3 is 1. The van der Waals surface area contributed by atoms with Crippen molar-refractivity contribution in [3.05, 3.63) is 41.5 Å². The summed E-state index contributed by atoms with van der Waals surface area (Å²) in [4.78, 5) is 17.5. The lowest BCUT2D eigenvalue weighted by molar-refractivity contribution is 0.0948. The Morgan fingerprint density at radius 1 is 1.36 bits per heavy atom. The Morgan fingerprint density at radius 2 is 2.14 bits per heavy atom. The smallest absolute Gasteiger partial charge is 0.269 e. The van der Waals surface area contributed by atoms with Gasteiger partial charge in [-0.3, -0.25) is 9.20 Å². The van der Waals surface area contributed by atoms with Crippen LogP contribution in [0.15, 0.2) is 35.8 Å². The third-order valence-electron chi connectivity index (χ3n) is 3.36. The van der Waals surface area contributed by atoms with Crippen molar-refractivity contribution in [3.63, 3.8) is 0 Å². The van der Waals surface area contributed by atoms with Crippen LogP contribution in [0.25, 0.3) is 16.2 Å². The lowest BCUT2D eigenvalue weighted by Gasteiger charge is -2.02. The van der Waals surface area contributed by atoms with Gasteiger partial charge in [-0.1, -0.05) is 6.92 Å². The van der Waals surface area contributed by atoms with E-state index in [2.05, 4.69) is 10.3 Å². The van der Waals surface area contributed by atoms with Crippen molar-refractivity contribution in [2.24, 2.45) is 0 Å². The first-order chi connectivity index (χ1) is 10.7. The molecule has 0 saturated carbocycles. The Kier molecular flexibility index (Phi) is 4.11. The van der Waals surface area contributed by atoms with E-state index in [-0.39, 0.29) is 5.91 Å². The number of carbonyl (C=O) groups is 1. The third-order valence-corrected chi connectivity index (χ3v) is 4.20. The van der Waals surface area contributed by atoms with Crippen molar-refractivity contribution in [1.82, 2.24) is 14.7 Å². The predicted molar refractivity (Wildman–Crippen MR) is 87.7 cm³/mol. The Hall–Kier alpha value is -2.34. The fourth-order valence-electron chi connectivity index (χ4n) is 2.18. The second kappa shape index (κ2) is 6.19. The average Bonchev–Trinajstić information content (AvgIpc) is 3.13. The molecule has 22 heavy (non-hydrogen) atoms. The predicted octanol–water partition coefficient (Wildman–Crippen LogP) is 3.21. The number of hydrogen-bond donors (Lipinski definition) is 1. The molecule has 114 valence electrons. The first-order valence-electron chi connectivity index (χ1n) is 7.12. The van der Waals surface area contributed by atoms with Gasteiger partial charge in [0, 0.05) is 23.7 Å². The zero-order valence-corrected chi connectivity index (χ0v) is 13.3. The van der Waals surface area contributed by atoms with Gasteiger partial charge in [0.15, 0.2) is 4.96 Å². The zero-order chi connectivity index (χ0) is 15.5. The summed E-state index contributed by atoms with van der Waals surface area (Å²) in [6, 6.07) is 7.72. The SMILES string of the molecule is CCCNC(=O)c1csc2nc(-c3ccc(OC)cc3)cn12. The lowest BCUT2D eigenvalue weighted by atomic mass is 10.2. The molecule has 0 radical (unpaired) electrons. The molecule has 3 rings (SSSR count). The summed E-state index contributed by atoms with van der Waals surface area (Å²) in [6.07, 6.45) is 2.81. The molecule has 0 spiro atoms. The summed E-state index contributed by atoms with van der Waals surface area (Å²) < 4.78 is 7.00. The van der Waals surface area contributed by atoms with Crippen molar-refractivity contribution in [1.29, 1.82) is 0 Å². The Balaban J connectivity index is 1.92. The van der Waals surface area contributed by atoms with E-state index in [4.69, 9.17) is 4.74 Å². The molecule has 0 unspecified atom stereocenters. The minimum Gasteiger partial charge on any atom is -0.497 e. The van der Waals surface area contributed by atoms with Crippen molar-refractivity contribution in [2.75, 3.05) is 13.7 Å². The van der Waals surface area contributed by atoms with E-state index in [9.17, 15) is 4.79 Å². The molecule has 6 heteroatoms. The van der Waals surface area contributed by atoms with Crippen LogP contribution in [0.3, 0.4) is 0 Å². The van der Waals surface area contributed by atoms with Crippen LogP contribution in [0, 0.1) is 0 Å². The number of fused-ring (bicyclic) bond motifs is 1. The number of amides is 1. The summed E-state index contributed by atoms with van der Waals surface area (Å²) in [5.74, 6) is 0.746. The highest BCUT2D eigenvalue weighted by atomic mass is 32.1. The van der Waals surface area contributed by atoms with Crippen LogP contribution in [-0.4, -0.2) is 28.9 Å². The van der Waals surface area contributed by atoms with Gasteiger partial charge >= 0.3 is 0 Å². The molecule has 0 aliphatic carbocycles. The van der Waals surface area contributed by atoms with Gasteiger partial charge in [0.2, 0.25) is 0 Å². The van der Waals surface area contributed by atoms with Crippen LogP contribution in [-0.2, 0) is 0 Å². The van der Waals surface area contributed by atoms with Crippen molar-refractivity contribution in [3.8, 4) is 17.0 Å². The summed E-state index contributed by atoms with van der Waals surface area (Å²) in [6.45, 7) is 2.71. The maximum absolute atomic E-state index is 12.1. The first-order valence-corrected chi connectivity index (χ1v) is 8.00. The van der Waals surface area contributed by atoms with E-state index >= 15 is 0 Å². The standard InChI is InChI=1S/C16H17N3O2S/c1-3-8-17-15(20)14-10-22-16-18-13(9-19(14)16)11-4-6-12(21-2)7-5-11/h4-7,9-10H,3,8H2,1-2H3,(H,17,20). The van der Waals surface area contributed by atoms with Crippen molar-refractivity contribution >= 4 is 22.2 Å². The summed E-state index contributed by atoms with van der Waals surface area (Å²) >= 11 is 1.47. The molecule has 1 aromatic carbocycles. The Bertz CT molecular complexity index is 789. The van der Waals surface area contributed by atoms with Gasteiger partial charge in [-0.2, -0.15) is 0 Å². The second-order valence-corrected chi connectivity index (χ2v) is 5.72. The fourth-order valence-corrected chi connectivity index (χ4v) is 3.03. The van der Waals surface area contributed by atoms with Crippen LogP contribution < -0.4 is 10.1 Å². The number of nitrogens with zero attached hydrogens (tertiary/aromatic N) is 2. The van der Waals surface area contributed by atoms with E-state index in [1.807, 2.05) is 47.2 Å². The number of benzene rings is 1. The summed E-state index contributed by atoms with van der Waals surface area (Å²) in [5.41, 5.74) is 2.47. The molecular formula is C16H17N3O2S. The Labute approximate surface area is 132 Å². The highest BCUT2D eigenvalue weighted by Gasteiger charge is 2.14. The minimum atomic E-state index is -0.0632. The van der Waals surface area contributed by atoms with Gasteiger partial charge in [0.05, 0.1) is 12.8 Å². The highest BCUT2D eigenvalue weighted by Crippen LogP contribution is 2.25. The van der Waals surface area contributed by atoms with Gasteiger partial charge in [0.25, 0.3) is 5.91 Å². The van der Waals surface area contributed by atoms with E-state index in [0.29, 0.717) is 12.2 Å². The first kappa shape index (κ1) is 14.6. The number of ether oxygens (including phenoxy) is 1. The molecule has 0 aliphatic rings.